The first-order valence-electron chi connectivity index (χ1n) is 7.73. The first-order valence-corrected chi connectivity index (χ1v) is 8.86. The Morgan fingerprint density at radius 1 is 1.23 bits per heavy atom. The molecule has 2 heterocycles. The van der Waals surface area contributed by atoms with Gasteiger partial charge in [-0.2, -0.15) is 5.10 Å². The zero-order chi connectivity index (χ0) is 18.7. The van der Waals surface area contributed by atoms with Gasteiger partial charge in [0.2, 0.25) is 11.9 Å². The van der Waals surface area contributed by atoms with Gasteiger partial charge in [-0.1, -0.05) is 47.8 Å². The van der Waals surface area contributed by atoms with Crippen LogP contribution < -0.4 is 5.32 Å². The molecule has 0 saturated carbocycles. The summed E-state index contributed by atoms with van der Waals surface area (Å²) < 4.78 is 3.20. The maximum Gasteiger partial charge on any atom is 0.248 e. The van der Waals surface area contributed by atoms with E-state index in [2.05, 4.69) is 20.5 Å². The van der Waals surface area contributed by atoms with Gasteiger partial charge in [-0.15, -0.1) is 5.10 Å². The second-order valence-corrected chi connectivity index (χ2v) is 7.05. The number of carbonyl (C=O) groups excluding carboxylic acids is 1. The van der Waals surface area contributed by atoms with Crippen LogP contribution in [-0.4, -0.2) is 30.5 Å². The van der Waals surface area contributed by atoms with Gasteiger partial charge in [-0.05, 0) is 17.7 Å². The van der Waals surface area contributed by atoms with Crippen molar-refractivity contribution in [2.24, 2.45) is 5.92 Å². The van der Waals surface area contributed by atoms with Gasteiger partial charge < -0.3 is 0 Å². The summed E-state index contributed by atoms with van der Waals surface area (Å²) in [5.74, 6) is -0.312. The van der Waals surface area contributed by atoms with Crippen LogP contribution in [0.15, 0.2) is 36.9 Å². The van der Waals surface area contributed by atoms with E-state index in [-0.39, 0.29) is 17.8 Å². The minimum Gasteiger partial charge on any atom is -0.293 e. The lowest BCUT2D eigenvalue weighted by atomic mass is 10.1. The number of benzene rings is 1. The molecule has 1 unspecified atom stereocenters. The van der Waals surface area contributed by atoms with E-state index in [9.17, 15) is 4.79 Å². The van der Waals surface area contributed by atoms with Gasteiger partial charge in [0.1, 0.15) is 6.33 Å². The molecule has 1 aromatic carbocycles. The first kappa shape index (κ1) is 18.7. The van der Waals surface area contributed by atoms with Gasteiger partial charge in [0.25, 0.3) is 0 Å². The van der Waals surface area contributed by atoms with Crippen molar-refractivity contribution >= 4 is 46.7 Å². The average molecular weight is 414 g/mol. The monoisotopic (exact) mass is 412 g/mol. The third-order valence-corrected chi connectivity index (χ3v) is 4.41. The van der Waals surface area contributed by atoms with E-state index >= 15 is 0 Å². The predicted molar refractivity (Wildman–Crippen MR) is 101 cm³/mol. The molecule has 0 saturated heterocycles. The summed E-state index contributed by atoms with van der Waals surface area (Å²) in [5, 5.41) is 12.6. The van der Waals surface area contributed by atoms with Crippen LogP contribution >= 0.6 is 34.8 Å². The summed E-state index contributed by atoms with van der Waals surface area (Å²) in [4.78, 5) is 16.4. The number of anilines is 1. The summed E-state index contributed by atoms with van der Waals surface area (Å²) in [6.07, 6.45) is 4.71. The molecule has 10 heteroatoms. The van der Waals surface area contributed by atoms with Crippen molar-refractivity contribution in [2.45, 2.75) is 20.0 Å². The zero-order valence-corrected chi connectivity index (χ0v) is 16.0. The van der Waals surface area contributed by atoms with Crippen molar-refractivity contribution in [2.75, 3.05) is 5.32 Å². The number of aromatic nitrogens is 5. The lowest BCUT2D eigenvalue weighted by Crippen LogP contribution is -2.25. The van der Waals surface area contributed by atoms with Crippen molar-refractivity contribution in [1.82, 2.24) is 24.5 Å². The summed E-state index contributed by atoms with van der Waals surface area (Å²) in [7, 11) is 0. The molecular formula is C16H15Cl3N6O. The van der Waals surface area contributed by atoms with Crippen molar-refractivity contribution in [3.63, 3.8) is 0 Å². The van der Waals surface area contributed by atoms with E-state index in [1.807, 2.05) is 6.07 Å². The summed E-state index contributed by atoms with van der Waals surface area (Å²) in [6.45, 7) is 2.61. The average Bonchev–Trinajstić information content (AvgIpc) is 3.19. The maximum absolute atomic E-state index is 12.3. The second-order valence-electron chi connectivity index (χ2n) is 5.77. The Hall–Kier alpha value is -2.09. The number of halogens is 3. The number of nitrogens with one attached hydrogen (secondary N) is 1. The van der Waals surface area contributed by atoms with E-state index in [4.69, 9.17) is 34.8 Å². The molecule has 1 amide bonds. The molecule has 26 heavy (non-hydrogen) atoms. The molecule has 0 bridgehead atoms. The Morgan fingerprint density at radius 3 is 2.73 bits per heavy atom. The van der Waals surface area contributed by atoms with Crippen molar-refractivity contribution < 1.29 is 4.79 Å². The van der Waals surface area contributed by atoms with Crippen LogP contribution in [0.4, 0.5) is 5.95 Å². The van der Waals surface area contributed by atoms with Gasteiger partial charge in [0.15, 0.2) is 0 Å². The maximum atomic E-state index is 12.3. The zero-order valence-electron chi connectivity index (χ0n) is 13.7. The van der Waals surface area contributed by atoms with Gasteiger partial charge in [-0.3, -0.25) is 14.8 Å². The van der Waals surface area contributed by atoms with E-state index in [1.54, 1.807) is 34.6 Å². The molecule has 0 spiro atoms. The molecule has 1 N–H and O–H groups in total. The minimum absolute atomic E-state index is 0.209. The number of nitrogens with zero attached hydrogens (tertiary/aromatic N) is 5. The molecule has 0 radical (unpaired) electrons. The normalized spacial score (nSPS) is 12.2. The second kappa shape index (κ2) is 8.07. The quantitative estimate of drug-likeness (QED) is 0.667. The highest BCUT2D eigenvalue weighted by atomic mass is 35.5. The fraction of sp³-hybridized carbons (Fsp3) is 0.250. The van der Waals surface area contributed by atoms with Crippen LogP contribution in [0.5, 0.6) is 0 Å². The fourth-order valence-corrected chi connectivity index (χ4v) is 2.91. The summed E-state index contributed by atoms with van der Waals surface area (Å²) in [5.41, 5.74) is 0.850. The summed E-state index contributed by atoms with van der Waals surface area (Å²) in [6, 6.07) is 5.24. The highest BCUT2D eigenvalue weighted by Gasteiger charge is 2.16. The number of amides is 1. The molecule has 3 aromatic rings. The van der Waals surface area contributed by atoms with Crippen molar-refractivity contribution in [1.29, 1.82) is 0 Å². The van der Waals surface area contributed by atoms with E-state index in [0.29, 0.717) is 28.2 Å². The largest absolute Gasteiger partial charge is 0.293 e. The van der Waals surface area contributed by atoms with Gasteiger partial charge >= 0.3 is 0 Å². The number of rotatable bonds is 6. The minimum atomic E-state index is -0.330. The molecule has 2 aromatic heterocycles. The summed E-state index contributed by atoms with van der Waals surface area (Å²) >= 11 is 17.9. The molecule has 1 atom stereocenters. The number of carbonyl (C=O) groups is 1. The van der Waals surface area contributed by atoms with E-state index in [1.165, 1.54) is 12.5 Å². The molecule has 0 fully saturated rings. The van der Waals surface area contributed by atoms with Crippen LogP contribution in [0.1, 0.15) is 12.5 Å². The number of hydrogen-bond acceptors (Lipinski definition) is 4. The van der Waals surface area contributed by atoms with Gasteiger partial charge in [0, 0.05) is 16.2 Å². The third kappa shape index (κ3) is 4.75. The molecule has 0 aliphatic carbocycles. The highest BCUT2D eigenvalue weighted by molar-refractivity contribution is 6.35. The van der Waals surface area contributed by atoms with E-state index in [0.717, 1.165) is 5.56 Å². The Labute approximate surface area is 164 Å². The molecular weight excluding hydrogens is 399 g/mol. The standard InChI is InChI=1S/C16H15Cl3N6O/c1-10(6-24-8-13(18)5-21-24)15(26)22-16-20-9-25(23-16)7-11-2-3-12(17)4-14(11)19/h2-5,8-10H,6-7H2,1H3,(H,22,23,26). The Morgan fingerprint density at radius 2 is 2.04 bits per heavy atom. The lowest BCUT2D eigenvalue weighted by Gasteiger charge is -2.10. The van der Waals surface area contributed by atoms with Crippen molar-refractivity contribution in [3.05, 3.63) is 57.6 Å². The SMILES string of the molecule is CC(Cn1cc(Cl)cn1)C(=O)Nc1ncn(Cc2ccc(Cl)cc2Cl)n1. The van der Waals surface area contributed by atoms with Crippen LogP contribution in [0.3, 0.4) is 0 Å². The molecule has 0 aliphatic rings. The third-order valence-electron chi connectivity index (χ3n) is 3.63. The fourth-order valence-electron chi connectivity index (χ4n) is 2.29. The van der Waals surface area contributed by atoms with Gasteiger partial charge in [-0.25, -0.2) is 9.67 Å². The molecule has 3 rings (SSSR count). The molecule has 136 valence electrons. The van der Waals surface area contributed by atoms with Crippen LogP contribution in [0, 0.1) is 5.92 Å². The topological polar surface area (TPSA) is 77.6 Å². The smallest absolute Gasteiger partial charge is 0.248 e. The lowest BCUT2D eigenvalue weighted by molar-refractivity contribution is -0.119. The van der Waals surface area contributed by atoms with Gasteiger partial charge in [0.05, 0.1) is 30.2 Å². The highest BCUT2D eigenvalue weighted by Crippen LogP contribution is 2.21. The van der Waals surface area contributed by atoms with Crippen LogP contribution in [0.25, 0.3) is 0 Å². The van der Waals surface area contributed by atoms with Crippen LogP contribution in [0.2, 0.25) is 15.1 Å². The Bertz CT molecular complexity index is 922. The first-order chi connectivity index (χ1) is 12.4. The van der Waals surface area contributed by atoms with Crippen molar-refractivity contribution in [3.8, 4) is 0 Å². The predicted octanol–water partition coefficient (Wildman–Crippen LogP) is 3.76. The Balaban J connectivity index is 1.59. The Kier molecular flexibility index (Phi) is 5.80. The molecule has 0 aliphatic heterocycles. The molecule has 7 nitrogen and oxygen atoms in total. The van der Waals surface area contributed by atoms with Crippen LogP contribution in [-0.2, 0) is 17.9 Å². The number of hydrogen-bond donors (Lipinski definition) is 1. The van der Waals surface area contributed by atoms with E-state index < -0.39 is 0 Å².